The molecule has 2 rings (SSSR count). The highest BCUT2D eigenvalue weighted by molar-refractivity contribution is 7.84. The van der Waals surface area contributed by atoms with Gasteiger partial charge in [-0.2, -0.15) is 0 Å². The summed E-state index contributed by atoms with van der Waals surface area (Å²) < 4.78 is 17.4. The molecule has 0 saturated heterocycles. The van der Waals surface area contributed by atoms with E-state index in [-0.39, 0.29) is 0 Å². The van der Waals surface area contributed by atoms with Crippen molar-refractivity contribution in [3.8, 4) is 5.75 Å². The van der Waals surface area contributed by atoms with Gasteiger partial charge in [-0.1, -0.05) is 23.7 Å². The second-order valence-electron chi connectivity index (χ2n) is 4.30. The Morgan fingerprint density at radius 2 is 1.90 bits per heavy atom. The number of methoxy groups -OCH3 is 1. The van der Waals surface area contributed by atoms with Crippen molar-refractivity contribution in [3.05, 3.63) is 58.6 Å². The van der Waals surface area contributed by atoms with Gasteiger partial charge in [0.05, 0.1) is 23.7 Å². The average molecular weight is 310 g/mol. The van der Waals surface area contributed by atoms with Crippen LogP contribution in [0.2, 0.25) is 5.02 Å². The zero-order chi connectivity index (χ0) is 14.5. The van der Waals surface area contributed by atoms with E-state index in [1.807, 2.05) is 18.2 Å². The first-order chi connectivity index (χ1) is 9.63. The van der Waals surface area contributed by atoms with Crippen molar-refractivity contribution < 1.29 is 8.95 Å². The van der Waals surface area contributed by atoms with Crippen LogP contribution in [0.3, 0.4) is 0 Å². The lowest BCUT2D eigenvalue weighted by atomic mass is 10.1. The smallest absolute Gasteiger partial charge is 0.118 e. The van der Waals surface area contributed by atoms with Crippen LogP contribution in [0.1, 0.15) is 11.1 Å². The van der Waals surface area contributed by atoms with E-state index in [2.05, 4.69) is 0 Å². The van der Waals surface area contributed by atoms with Crippen molar-refractivity contribution >= 4 is 22.4 Å². The number of rotatable bonds is 5. The number of ether oxygens (including phenoxy) is 1. The minimum absolute atomic E-state index is 0.385. The van der Waals surface area contributed by atoms with Gasteiger partial charge in [-0.3, -0.25) is 4.21 Å². The fourth-order valence-corrected chi connectivity index (χ4v) is 3.28. The molecule has 0 spiro atoms. The molecule has 5 heteroatoms. The lowest BCUT2D eigenvalue weighted by Gasteiger charge is -2.07. The van der Waals surface area contributed by atoms with Crippen molar-refractivity contribution in [1.29, 1.82) is 0 Å². The number of nitrogens with two attached hydrogens (primary N) is 1. The molecule has 0 heterocycles. The van der Waals surface area contributed by atoms with Crippen LogP contribution in [0.25, 0.3) is 0 Å². The molecule has 2 aromatic carbocycles. The predicted molar refractivity (Wildman–Crippen MR) is 82.4 cm³/mol. The maximum absolute atomic E-state index is 12.3. The fraction of sp³-hybridized carbons (Fsp3) is 0.200. The van der Waals surface area contributed by atoms with Crippen molar-refractivity contribution in [2.24, 2.45) is 5.73 Å². The highest BCUT2D eigenvalue weighted by Crippen LogP contribution is 2.22. The Morgan fingerprint density at radius 3 is 2.45 bits per heavy atom. The van der Waals surface area contributed by atoms with Crippen molar-refractivity contribution in [3.63, 3.8) is 0 Å². The third kappa shape index (κ3) is 3.60. The summed E-state index contributed by atoms with van der Waals surface area (Å²) in [6, 6.07) is 12.8. The SMILES string of the molecule is COc1ccc(S(=O)Cc2ccc(CN)cc2Cl)cc1. The van der Waals surface area contributed by atoms with Gasteiger partial charge in [0.2, 0.25) is 0 Å². The number of halogens is 1. The summed E-state index contributed by atoms with van der Waals surface area (Å²) in [5.74, 6) is 1.13. The van der Waals surface area contributed by atoms with Gasteiger partial charge in [0, 0.05) is 16.5 Å². The summed E-state index contributed by atoms with van der Waals surface area (Å²) in [7, 11) is 0.467. The van der Waals surface area contributed by atoms with Crippen LogP contribution < -0.4 is 10.5 Å². The first-order valence-electron chi connectivity index (χ1n) is 6.14. The van der Waals surface area contributed by atoms with Crippen LogP contribution in [0.4, 0.5) is 0 Å². The first kappa shape index (κ1) is 15.0. The van der Waals surface area contributed by atoms with Crippen LogP contribution in [-0.2, 0) is 23.1 Å². The Hall–Kier alpha value is -1.36. The molecule has 106 valence electrons. The Morgan fingerprint density at radius 1 is 1.20 bits per heavy atom. The van der Waals surface area contributed by atoms with E-state index in [1.54, 1.807) is 31.4 Å². The van der Waals surface area contributed by atoms with Crippen LogP contribution >= 0.6 is 11.6 Å². The minimum Gasteiger partial charge on any atom is -0.497 e. The monoisotopic (exact) mass is 309 g/mol. The van der Waals surface area contributed by atoms with Gasteiger partial charge in [-0.15, -0.1) is 0 Å². The Balaban J connectivity index is 2.14. The summed E-state index contributed by atoms with van der Waals surface area (Å²) in [6.07, 6.45) is 0. The molecule has 0 fully saturated rings. The van der Waals surface area contributed by atoms with E-state index >= 15 is 0 Å². The normalized spacial score (nSPS) is 12.2. The molecule has 0 aliphatic rings. The van der Waals surface area contributed by atoms with E-state index < -0.39 is 10.8 Å². The van der Waals surface area contributed by atoms with Gasteiger partial charge in [0.25, 0.3) is 0 Å². The molecular weight excluding hydrogens is 294 g/mol. The predicted octanol–water partition coefficient (Wildman–Crippen LogP) is 3.12. The summed E-state index contributed by atoms with van der Waals surface area (Å²) in [5.41, 5.74) is 7.38. The topological polar surface area (TPSA) is 52.3 Å². The molecule has 20 heavy (non-hydrogen) atoms. The highest BCUT2D eigenvalue weighted by atomic mass is 35.5. The second kappa shape index (κ2) is 6.88. The van der Waals surface area contributed by atoms with Crippen LogP contribution in [0.5, 0.6) is 5.75 Å². The van der Waals surface area contributed by atoms with Gasteiger partial charge in [-0.25, -0.2) is 0 Å². The van der Waals surface area contributed by atoms with E-state index in [0.717, 1.165) is 21.8 Å². The largest absolute Gasteiger partial charge is 0.497 e. The van der Waals surface area contributed by atoms with Gasteiger partial charge in [0.15, 0.2) is 0 Å². The number of benzene rings is 2. The zero-order valence-corrected chi connectivity index (χ0v) is 12.7. The lowest BCUT2D eigenvalue weighted by molar-refractivity contribution is 0.414. The second-order valence-corrected chi connectivity index (χ2v) is 6.15. The van der Waals surface area contributed by atoms with Gasteiger partial charge in [0.1, 0.15) is 5.75 Å². The van der Waals surface area contributed by atoms with E-state index in [1.165, 1.54) is 0 Å². The number of hydrogen-bond donors (Lipinski definition) is 1. The third-order valence-electron chi connectivity index (χ3n) is 2.96. The molecule has 3 nitrogen and oxygen atoms in total. The van der Waals surface area contributed by atoms with Gasteiger partial charge < -0.3 is 10.5 Å². The molecule has 2 N–H and O–H groups in total. The molecule has 2 aromatic rings. The molecule has 0 amide bonds. The van der Waals surface area contributed by atoms with Crippen molar-refractivity contribution in [1.82, 2.24) is 0 Å². The summed E-state index contributed by atoms with van der Waals surface area (Å²) in [6.45, 7) is 0.446. The molecular formula is C15H16ClNO2S. The Kier molecular flexibility index (Phi) is 5.17. The third-order valence-corrected chi connectivity index (χ3v) is 4.69. The summed E-state index contributed by atoms with van der Waals surface area (Å²) in [5, 5.41) is 0.606. The summed E-state index contributed by atoms with van der Waals surface area (Å²) >= 11 is 6.18. The Labute approximate surface area is 126 Å². The van der Waals surface area contributed by atoms with Gasteiger partial charge >= 0.3 is 0 Å². The standard InChI is InChI=1S/C15H16ClNO2S/c1-19-13-4-6-14(7-5-13)20(18)10-12-3-2-11(9-17)8-15(12)16/h2-8H,9-10,17H2,1H3. The van der Waals surface area contributed by atoms with Crippen LogP contribution in [-0.4, -0.2) is 11.3 Å². The fourth-order valence-electron chi connectivity index (χ4n) is 1.79. The minimum atomic E-state index is -1.13. The molecule has 0 saturated carbocycles. The van der Waals surface area contributed by atoms with E-state index in [9.17, 15) is 4.21 Å². The molecule has 1 atom stereocenters. The van der Waals surface area contributed by atoms with Crippen molar-refractivity contribution in [2.75, 3.05) is 7.11 Å². The van der Waals surface area contributed by atoms with Crippen molar-refractivity contribution in [2.45, 2.75) is 17.2 Å². The molecule has 0 aromatic heterocycles. The maximum atomic E-state index is 12.3. The van der Waals surface area contributed by atoms with Gasteiger partial charge in [-0.05, 0) is 41.5 Å². The lowest BCUT2D eigenvalue weighted by Crippen LogP contribution is -2.00. The molecule has 1 unspecified atom stereocenters. The van der Waals surface area contributed by atoms with Crippen LogP contribution in [0.15, 0.2) is 47.4 Å². The molecule has 0 radical (unpaired) electrons. The highest BCUT2D eigenvalue weighted by Gasteiger charge is 2.09. The van der Waals surface area contributed by atoms with E-state index in [4.69, 9.17) is 22.1 Å². The number of hydrogen-bond acceptors (Lipinski definition) is 3. The zero-order valence-electron chi connectivity index (χ0n) is 11.1. The summed E-state index contributed by atoms with van der Waals surface area (Å²) in [4.78, 5) is 0.754. The van der Waals surface area contributed by atoms with Crippen LogP contribution in [0, 0.1) is 0 Å². The molecule has 0 bridgehead atoms. The maximum Gasteiger partial charge on any atom is 0.118 e. The first-order valence-corrected chi connectivity index (χ1v) is 7.83. The molecule has 0 aliphatic carbocycles. The Bertz CT molecular complexity index is 614. The molecule has 0 aliphatic heterocycles. The quantitative estimate of drug-likeness (QED) is 0.923. The average Bonchev–Trinajstić information content (AvgIpc) is 2.49. The van der Waals surface area contributed by atoms with E-state index in [0.29, 0.717) is 17.3 Å².